The van der Waals surface area contributed by atoms with Crippen molar-refractivity contribution in [3.05, 3.63) is 111 Å². The molecule has 11 heteroatoms. The van der Waals surface area contributed by atoms with Gasteiger partial charge in [-0.25, -0.2) is 24.0 Å². The Morgan fingerprint density at radius 3 is 2.32 bits per heavy atom. The van der Waals surface area contributed by atoms with Crippen molar-refractivity contribution in [1.29, 1.82) is 0 Å². The minimum Gasteiger partial charge on any atom is -0.361 e. The zero-order valence-corrected chi connectivity index (χ0v) is 25.0. The average molecular weight is 591 g/mol. The first-order chi connectivity index (χ1) is 21.5. The summed E-state index contributed by atoms with van der Waals surface area (Å²) in [5.74, 6) is 1.36. The Kier molecular flexibility index (Phi) is 8.29. The largest absolute Gasteiger partial charge is 0.361 e. The molecule has 6 rings (SSSR count). The molecule has 0 radical (unpaired) electrons. The minimum atomic E-state index is -0.633. The molecule has 3 heterocycles. The number of unbranched alkanes of at least 4 members (excludes halogenated alkanes) is 2. The number of tetrazole rings is 1. The van der Waals surface area contributed by atoms with Crippen molar-refractivity contribution >= 4 is 11.2 Å². The van der Waals surface area contributed by atoms with Crippen LogP contribution in [0.5, 0.6) is 0 Å². The van der Waals surface area contributed by atoms with Crippen LogP contribution < -0.4 is 11.2 Å². The van der Waals surface area contributed by atoms with Gasteiger partial charge < -0.3 is 9.30 Å². The molecule has 11 nitrogen and oxygen atoms in total. The number of ether oxygens (including phenoxy) is 1. The van der Waals surface area contributed by atoms with Gasteiger partial charge >= 0.3 is 5.69 Å². The number of hydrogen-bond donors (Lipinski definition) is 1. The Morgan fingerprint density at radius 1 is 0.909 bits per heavy atom. The van der Waals surface area contributed by atoms with Crippen LogP contribution in [0.25, 0.3) is 39.4 Å². The molecule has 6 aromatic rings. The molecule has 44 heavy (non-hydrogen) atoms. The highest BCUT2D eigenvalue weighted by molar-refractivity contribution is 5.80. The molecular formula is C33H34N8O3. The molecule has 0 saturated heterocycles. The van der Waals surface area contributed by atoms with Gasteiger partial charge in [0.05, 0.1) is 5.69 Å². The minimum absolute atomic E-state index is 0.333. The normalized spacial score (nSPS) is 12.2. The summed E-state index contributed by atoms with van der Waals surface area (Å²) in [5, 5.41) is 14.4. The van der Waals surface area contributed by atoms with E-state index in [9.17, 15) is 9.59 Å². The van der Waals surface area contributed by atoms with Gasteiger partial charge in [0.1, 0.15) is 12.1 Å². The molecule has 0 aliphatic rings. The van der Waals surface area contributed by atoms with Crippen LogP contribution >= 0.6 is 0 Å². The molecule has 0 amide bonds. The fraction of sp³-hybridized carbons (Fsp3) is 0.273. The number of benzene rings is 3. The van der Waals surface area contributed by atoms with Crippen molar-refractivity contribution in [2.75, 3.05) is 7.11 Å². The van der Waals surface area contributed by atoms with Crippen molar-refractivity contribution in [2.24, 2.45) is 0 Å². The summed E-state index contributed by atoms with van der Waals surface area (Å²) in [7, 11) is 1.54. The second-order valence-corrected chi connectivity index (χ2v) is 10.7. The second-order valence-electron chi connectivity index (χ2n) is 10.7. The van der Waals surface area contributed by atoms with Crippen LogP contribution in [-0.2, 0) is 17.7 Å². The topological polar surface area (TPSA) is 126 Å². The van der Waals surface area contributed by atoms with Crippen LogP contribution in [0.3, 0.4) is 0 Å². The summed E-state index contributed by atoms with van der Waals surface area (Å²) < 4.78 is 10.3. The Hall–Kier alpha value is -5.16. The maximum Gasteiger partial charge on any atom is 0.339 e. The van der Waals surface area contributed by atoms with Gasteiger partial charge in [-0.2, -0.15) is 0 Å². The van der Waals surface area contributed by atoms with E-state index in [0.29, 0.717) is 35.6 Å². The monoisotopic (exact) mass is 590 g/mol. The van der Waals surface area contributed by atoms with Gasteiger partial charge in [-0.1, -0.05) is 86.5 Å². The first-order valence-electron chi connectivity index (χ1n) is 14.8. The maximum absolute atomic E-state index is 14.2. The summed E-state index contributed by atoms with van der Waals surface area (Å²) in [4.78, 5) is 32.9. The zero-order chi connectivity index (χ0) is 30.6. The molecule has 0 aliphatic carbocycles. The van der Waals surface area contributed by atoms with Crippen LogP contribution in [0.1, 0.15) is 50.7 Å². The van der Waals surface area contributed by atoms with Gasteiger partial charge in [-0.15, -0.1) is 5.10 Å². The fourth-order valence-corrected chi connectivity index (χ4v) is 5.57. The van der Waals surface area contributed by atoms with Gasteiger partial charge in [0.15, 0.2) is 17.0 Å². The average Bonchev–Trinajstić information content (AvgIpc) is 3.71. The summed E-state index contributed by atoms with van der Waals surface area (Å²) in [6.45, 7) is 4.34. The van der Waals surface area contributed by atoms with E-state index in [-0.39, 0.29) is 0 Å². The first-order valence-corrected chi connectivity index (χ1v) is 14.8. The number of imidazole rings is 1. The third-order valence-corrected chi connectivity index (χ3v) is 7.92. The third-order valence-electron chi connectivity index (χ3n) is 7.92. The lowest BCUT2D eigenvalue weighted by Gasteiger charge is -2.17. The van der Waals surface area contributed by atoms with Gasteiger partial charge in [0, 0.05) is 25.6 Å². The number of hydrogen-bond acceptors (Lipinski definition) is 7. The van der Waals surface area contributed by atoms with Crippen molar-refractivity contribution in [3.63, 3.8) is 0 Å². The molecule has 3 aromatic carbocycles. The van der Waals surface area contributed by atoms with Gasteiger partial charge in [-0.3, -0.25) is 4.79 Å². The standard InChI is InChI=1S/C33H34N8O3/c1-4-5-7-16-28-34-31-29(32(42)41(25-12-8-6-9-13-25)33(43)40(31)22(2)44-3)39(28)21-23-17-19-24(20-18-23)26-14-10-11-15-27(26)30-35-37-38-36-30/h6,8-15,17-20,22H,4-5,7,16,21H2,1-3H3,(H,35,36,37,38). The first kappa shape index (κ1) is 28.9. The molecule has 1 unspecified atom stereocenters. The van der Waals surface area contributed by atoms with E-state index in [1.807, 2.05) is 47.0 Å². The number of fused-ring (bicyclic) bond motifs is 1. The van der Waals surface area contributed by atoms with E-state index < -0.39 is 17.5 Å². The molecule has 1 N–H and O–H groups in total. The molecule has 0 spiro atoms. The number of para-hydroxylation sites is 1. The van der Waals surface area contributed by atoms with E-state index in [0.717, 1.165) is 47.3 Å². The van der Waals surface area contributed by atoms with E-state index in [2.05, 4.69) is 51.8 Å². The number of nitrogens with one attached hydrogen (secondary N) is 1. The number of aromatic amines is 1. The van der Waals surface area contributed by atoms with Crippen LogP contribution in [0, 0.1) is 0 Å². The Balaban J connectivity index is 1.49. The highest BCUT2D eigenvalue weighted by atomic mass is 16.5. The zero-order valence-electron chi connectivity index (χ0n) is 25.0. The third kappa shape index (κ3) is 5.37. The molecule has 3 aromatic heterocycles. The van der Waals surface area contributed by atoms with E-state index in [1.54, 1.807) is 26.2 Å². The molecule has 224 valence electrons. The van der Waals surface area contributed by atoms with Crippen LogP contribution in [0.15, 0.2) is 88.5 Å². The molecule has 0 aliphatic heterocycles. The second kappa shape index (κ2) is 12.6. The van der Waals surface area contributed by atoms with E-state index >= 15 is 0 Å². The molecule has 0 saturated carbocycles. The number of H-pyrrole nitrogens is 1. The summed E-state index contributed by atoms with van der Waals surface area (Å²) in [6, 6.07) is 25.1. The molecule has 0 bridgehead atoms. The Labute approximate surface area is 253 Å². The number of aryl methyl sites for hydroxylation is 1. The van der Waals surface area contributed by atoms with Crippen LogP contribution in [0.4, 0.5) is 0 Å². The lowest BCUT2D eigenvalue weighted by Crippen LogP contribution is -2.41. The summed E-state index contributed by atoms with van der Waals surface area (Å²) >= 11 is 0. The lowest BCUT2D eigenvalue weighted by atomic mass is 9.98. The van der Waals surface area contributed by atoms with Gasteiger partial charge in [-0.05, 0) is 52.6 Å². The smallest absolute Gasteiger partial charge is 0.339 e. The predicted molar refractivity (Wildman–Crippen MR) is 169 cm³/mol. The van der Waals surface area contributed by atoms with E-state index in [4.69, 9.17) is 9.72 Å². The predicted octanol–water partition coefficient (Wildman–Crippen LogP) is 5.14. The Bertz CT molecular complexity index is 1990. The summed E-state index contributed by atoms with van der Waals surface area (Å²) in [5.41, 5.74) is 4.20. The highest BCUT2D eigenvalue weighted by Crippen LogP contribution is 2.30. The van der Waals surface area contributed by atoms with Crippen molar-refractivity contribution in [2.45, 2.75) is 52.3 Å². The van der Waals surface area contributed by atoms with E-state index in [1.165, 1.54) is 9.13 Å². The SMILES string of the molecule is CCCCCc1nc2c(c(=O)n(-c3ccccc3)c(=O)n2C(C)OC)n1Cc1ccc(-c2ccccc2-c2nnn[nH]2)cc1. The van der Waals surface area contributed by atoms with Gasteiger partial charge in [0.2, 0.25) is 0 Å². The van der Waals surface area contributed by atoms with Crippen LogP contribution in [-0.4, -0.2) is 46.4 Å². The number of rotatable bonds is 11. The molecular weight excluding hydrogens is 556 g/mol. The fourth-order valence-electron chi connectivity index (χ4n) is 5.57. The molecule has 1 atom stereocenters. The lowest BCUT2D eigenvalue weighted by molar-refractivity contribution is 0.0591. The quantitative estimate of drug-likeness (QED) is 0.207. The molecule has 0 fully saturated rings. The van der Waals surface area contributed by atoms with Crippen LogP contribution in [0.2, 0.25) is 0 Å². The van der Waals surface area contributed by atoms with Gasteiger partial charge in [0.25, 0.3) is 5.56 Å². The number of methoxy groups -OCH3 is 1. The number of aromatic nitrogens is 8. The van der Waals surface area contributed by atoms with Crippen molar-refractivity contribution < 1.29 is 4.74 Å². The maximum atomic E-state index is 14.2. The summed E-state index contributed by atoms with van der Waals surface area (Å²) in [6.07, 6.45) is 3.06. The number of nitrogens with zero attached hydrogens (tertiary/aromatic N) is 7. The van der Waals surface area contributed by atoms with Crippen molar-refractivity contribution in [3.8, 4) is 28.2 Å². The highest BCUT2D eigenvalue weighted by Gasteiger charge is 2.25. The van der Waals surface area contributed by atoms with Crippen molar-refractivity contribution in [1.82, 2.24) is 39.3 Å². The Morgan fingerprint density at radius 2 is 1.64 bits per heavy atom.